The van der Waals surface area contributed by atoms with Crippen LogP contribution in [-0.2, 0) is 11.3 Å². The van der Waals surface area contributed by atoms with Crippen molar-refractivity contribution in [2.45, 2.75) is 25.9 Å². The number of hydrogen-bond donors (Lipinski definition) is 1. The van der Waals surface area contributed by atoms with E-state index in [1.54, 1.807) is 12.5 Å². The molecule has 1 aliphatic heterocycles. The van der Waals surface area contributed by atoms with Crippen molar-refractivity contribution in [1.29, 1.82) is 0 Å². The Labute approximate surface area is 90.8 Å². The van der Waals surface area contributed by atoms with Gasteiger partial charge in [-0.1, -0.05) is 0 Å². The van der Waals surface area contributed by atoms with Gasteiger partial charge in [0.05, 0.1) is 19.1 Å². The monoisotopic (exact) mass is 209 g/mol. The molecule has 1 unspecified atom stereocenters. The van der Waals surface area contributed by atoms with E-state index in [0.717, 1.165) is 24.6 Å². The van der Waals surface area contributed by atoms with Crippen LogP contribution >= 0.6 is 0 Å². The van der Waals surface area contributed by atoms with Gasteiger partial charge in [0.1, 0.15) is 0 Å². The van der Waals surface area contributed by atoms with E-state index < -0.39 is 0 Å². The maximum atomic E-state index is 5.59. The molecule has 0 spiro atoms. The molecule has 3 heteroatoms. The molecule has 3 nitrogen and oxygen atoms in total. The van der Waals surface area contributed by atoms with Crippen LogP contribution in [0.3, 0.4) is 0 Å². The summed E-state index contributed by atoms with van der Waals surface area (Å²) in [6, 6.07) is 1.95. The minimum Gasteiger partial charge on any atom is -0.472 e. The minimum atomic E-state index is 0.677. The Kier molecular flexibility index (Phi) is 4.23. The van der Waals surface area contributed by atoms with Gasteiger partial charge in [0.2, 0.25) is 0 Å². The second-order valence-electron chi connectivity index (χ2n) is 4.19. The normalized spacial score (nSPS) is 21.7. The first kappa shape index (κ1) is 10.7. The Morgan fingerprint density at radius 1 is 1.53 bits per heavy atom. The van der Waals surface area contributed by atoms with Gasteiger partial charge in [-0.3, -0.25) is 0 Å². The molecule has 0 aromatic carbocycles. The van der Waals surface area contributed by atoms with Gasteiger partial charge in [-0.2, -0.15) is 0 Å². The summed E-state index contributed by atoms with van der Waals surface area (Å²) < 4.78 is 10.6. The van der Waals surface area contributed by atoms with Crippen LogP contribution in [0.25, 0.3) is 0 Å². The molecule has 1 aromatic rings. The summed E-state index contributed by atoms with van der Waals surface area (Å²) in [7, 11) is 0. The maximum absolute atomic E-state index is 5.59. The van der Waals surface area contributed by atoms with Gasteiger partial charge in [0, 0.05) is 12.2 Å². The van der Waals surface area contributed by atoms with Gasteiger partial charge in [0.25, 0.3) is 0 Å². The predicted molar refractivity (Wildman–Crippen MR) is 58.6 cm³/mol. The van der Waals surface area contributed by atoms with Crippen LogP contribution in [-0.4, -0.2) is 19.7 Å². The lowest BCUT2D eigenvalue weighted by atomic mass is 9.97. The van der Waals surface area contributed by atoms with Gasteiger partial charge in [-0.15, -0.1) is 0 Å². The highest BCUT2D eigenvalue weighted by atomic mass is 16.5. The molecule has 0 bridgehead atoms. The van der Waals surface area contributed by atoms with E-state index in [-0.39, 0.29) is 0 Å². The van der Waals surface area contributed by atoms with Crippen molar-refractivity contribution in [2.75, 3.05) is 19.7 Å². The zero-order chi connectivity index (χ0) is 10.3. The van der Waals surface area contributed by atoms with Crippen molar-refractivity contribution >= 4 is 0 Å². The highest BCUT2D eigenvalue weighted by Crippen LogP contribution is 2.14. The summed E-state index contributed by atoms with van der Waals surface area (Å²) in [6.07, 6.45) is 7.26. The molecule has 0 aliphatic carbocycles. The fourth-order valence-electron chi connectivity index (χ4n) is 1.99. The highest BCUT2D eigenvalue weighted by Gasteiger charge is 2.12. The van der Waals surface area contributed by atoms with E-state index in [1.165, 1.54) is 25.8 Å². The van der Waals surface area contributed by atoms with Crippen LogP contribution in [0.15, 0.2) is 23.0 Å². The summed E-state index contributed by atoms with van der Waals surface area (Å²) in [6.45, 7) is 3.88. The molecule has 1 atom stereocenters. The summed E-state index contributed by atoms with van der Waals surface area (Å²) in [5, 5.41) is 3.42. The molecule has 15 heavy (non-hydrogen) atoms. The molecule has 2 rings (SSSR count). The van der Waals surface area contributed by atoms with Crippen molar-refractivity contribution in [2.24, 2.45) is 5.92 Å². The second kappa shape index (κ2) is 5.93. The predicted octanol–water partition coefficient (Wildman–Crippen LogP) is 2.19. The summed E-state index contributed by atoms with van der Waals surface area (Å²) >= 11 is 0. The second-order valence-corrected chi connectivity index (χ2v) is 4.19. The SMILES string of the molecule is c1cc(COCCC2CCCNC2)co1. The fraction of sp³-hybridized carbons (Fsp3) is 0.667. The lowest BCUT2D eigenvalue weighted by Gasteiger charge is -2.22. The minimum absolute atomic E-state index is 0.677. The van der Waals surface area contributed by atoms with Crippen LogP contribution in [0.4, 0.5) is 0 Å². The molecule has 1 N–H and O–H groups in total. The van der Waals surface area contributed by atoms with Gasteiger partial charge in [-0.25, -0.2) is 0 Å². The first-order valence-corrected chi connectivity index (χ1v) is 5.74. The van der Waals surface area contributed by atoms with Crippen LogP contribution in [0.2, 0.25) is 0 Å². The fourth-order valence-corrected chi connectivity index (χ4v) is 1.99. The topological polar surface area (TPSA) is 34.4 Å². The van der Waals surface area contributed by atoms with Gasteiger partial charge in [-0.05, 0) is 44.3 Å². The number of hydrogen-bond acceptors (Lipinski definition) is 3. The molecule has 1 fully saturated rings. The Morgan fingerprint density at radius 3 is 3.27 bits per heavy atom. The molecule has 0 saturated carbocycles. The van der Waals surface area contributed by atoms with E-state index in [4.69, 9.17) is 9.15 Å². The molecule has 1 aliphatic rings. The molecule has 0 amide bonds. The third-order valence-electron chi connectivity index (χ3n) is 2.92. The Balaban J connectivity index is 1.54. The molecular weight excluding hydrogens is 190 g/mol. The van der Waals surface area contributed by atoms with Crippen molar-refractivity contribution in [3.8, 4) is 0 Å². The first-order chi connectivity index (χ1) is 7.45. The van der Waals surface area contributed by atoms with Gasteiger partial charge in [0.15, 0.2) is 0 Å². The molecule has 2 heterocycles. The van der Waals surface area contributed by atoms with E-state index in [1.807, 2.05) is 6.07 Å². The van der Waals surface area contributed by atoms with Crippen molar-refractivity contribution < 1.29 is 9.15 Å². The van der Waals surface area contributed by atoms with Gasteiger partial charge < -0.3 is 14.5 Å². The van der Waals surface area contributed by atoms with E-state index >= 15 is 0 Å². The van der Waals surface area contributed by atoms with E-state index in [2.05, 4.69) is 5.32 Å². The Hall–Kier alpha value is -0.800. The van der Waals surface area contributed by atoms with Crippen molar-refractivity contribution in [1.82, 2.24) is 5.32 Å². The molecule has 84 valence electrons. The average Bonchev–Trinajstić information content (AvgIpc) is 2.79. The standard InChI is InChI=1S/C12H19NO2/c1-2-11(8-13-5-1)3-6-14-9-12-4-7-15-10-12/h4,7,10-11,13H,1-3,5-6,8-9H2. The Morgan fingerprint density at radius 2 is 2.53 bits per heavy atom. The summed E-state index contributed by atoms with van der Waals surface area (Å²) in [4.78, 5) is 0. The maximum Gasteiger partial charge on any atom is 0.0957 e. The van der Waals surface area contributed by atoms with E-state index in [0.29, 0.717) is 6.61 Å². The summed E-state index contributed by atoms with van der Waals surface area (Å²) in [5.41, 5.74) is 1.12. The van der Waals surface area contributed by atoms with Crippen LogP contribution < -0.4 is 5.32 Å². The quantitative estimate of drug-likeness (QED) is 0.755. The Bertz CT molecular complexity index is 253. The lowest BCUT2D eigenvalue weighted by Crippen LogP contribution is -2.30. The lowest BCUT2D eigenvalue weighted by molar-refractivity contribution is 0.103. The van der Waals surface area contributed by atoms with Crippen LogP contribution in [0.5, 0.6) is 0 Å². The van der Waals surface area contributed by atoms with Crippen LogP contribution in [0, 0.1) is 5.92 Å². The summed E-state index contributed by atoms with van der Waals surface area (Å²) in [5.74, 6) is 0.808. The number of nitrogens with one attached hydrogen (secondary N) is 1. The zero-order valence-corrected chi connectivity index (χ0v) is 9.08. The van der Waals surface area contributed by atoms with E-state index in [9.17, 15) is 0 Å². The third-order valence-corrected chi connectivity index (χ3v) is 2.92. The number of piperidine rings is 1. The molecular formula is C12H19NO2. The number of rotatable bonds is 5. The van der Waals surface area contributed by atoms with Crippen molar-refractivity contribution in [3.63, 3.8) is 0 Å². The first-order valence-electron chi connectivity index (χ1n) is 5.74. The smallest absolute Gasteiger partial charge is 0.0957 e. The number of furan rings is 1. The van der Waals surface area contributed by atoms with Crippen LogP contribution in [0.1, 0.15) is 24.8 Å². The zero-order valence-electron chi connectivity index (χ0n) is 9.08. The number of ether oxygens (including phenoxy) is 1. The largest absolute Gasteiger partial charge is 0.472 e. The average molecular weight is 209 g/mol. The third kappa shape index (κ3) is 3.68. The molecule has 1 aromatic heterocycles. The molecule has 0 radical (unpaired) electrons. The molecule has 1 saturated heterocycles. The van der Waals surface area contributed by atoms with Gasteiger partial charge >= 0.3 is 0 Å². The van der Waals surface area contributed by atoms with Crippen molar-refractivity contribution in [3.05, 3.63) is 24.2 Å². The highest BCUT2D eigenvalue weighted by molar-refractivity contribution is 5.02.